The highest BCUT2D eigenvalue weighted by molar-refractivity contribution is 5.94. The maximum Gasteiger partial charge on any atom is 0.338 e. The number of aliphatic carboxylic acids is 1. The fraction of sp³-hybridized carbons (Fsp3) is 0.375. The van der Waals surface area contributed by atoms with Crippen molar-refractivity contribution >= 4 is 36.0 Å². The highest BCUT2D eigenvalue weighted by atomic mass is 35.5. The van der Waals surface area contributed by atoms with Crippen molar-refractivity contribution < 1.29 is 38.6 Å². The van der Waals surface area contributed by atoms with E-state index >= 15 is 0 Å². The number of rotatable bonds is 14. The van der Waals surface area contributed by atoms with Crippen LogP contribution in [0.4, 0.5) is 5.69 Å². The molecule has 1 aliphatic rings. The number of nitrogens with zero attached hydrogens (tertiary/aromatic N) is 3. The number of aromatic nitrogens is 2. The van der Waals surface area contributed by atoms with E-state index in [0.717, 1.165) is 0 Å². The van der Waals surface area contributed by atoms with Gasteiger partial charge < -0.3 is 29.2 Å². The van der Waals surface area contributed by atoms with E-state index in [0.29, 0.717) is 35.7 Å². The van der Waals surface area contributed by atoms with Crippen LogP contribution in [0.5, 0.6) is 5.75 Å². The van der Waals surface area contributed by atoms with E-state index in [1.165, 1.54) is 18.2 Å². The third-order valence-corrected chi connectivity index (χ3v) is 7.96. The van der Waals surface area contributed by atoms with E-state index in [2.05, 4.69) is 10.3 Å². The quantitative estimate of drug-likeness (QED) is 0.104. The van der Waals surface area contributed by atoms with Crippen LogP contribution in [0.1, 0.15) is 55.5 Å². The third kappa shape index (κ3) is 7.83. The Labute approximate surface area is 272 Å². The molecule has 2 aromatic carbocycles. The summed E-state index contributed by atoms with van der Waals surface area (Å²) in [5.74, 6) is -3.00. The molecule has 0 amide bonds. The second-order valence-corrected chi connectivity index (χ2v) is 10.7. The molecule has 0 saturated carbocycles. The molecule has 0 radical (unpaired) electrons. The minimum absolute atomic E-state index is 0. The molecule has 0 bridgehead atoms. The van der Waals surface area contributed by atoms with Gasteiger partial charge in [-0.15, -0.1) is 12.4 Å². The lowest BCUT2D eigenvalue weighted by atomic mass is 9.60. The number of halogens is 1. The lowest BCUT2D eigenvalue weighted by molar-refractivity contribution is -0.384. The second kappa shape index (κ2) is 15.9. The van der Waals surface area contributed by atoms with Crippen LogP contribution in [0.15, 0.2) is 78.5 Å². The standard InChI is InChI=1S/C32H36N4O9.ClH/c1-4-43-30(38)27-21(2)34-22(3)32(31(39)40,28(27)24-7-5-8-25(19-24)36(41)42)13-6-17-45-29(37)23-9-11-26(12-10-23)44-18-16-35-15-14-33-20-35;/h5,7-12,14-15,19-20,22,28,34H,4,6,13,16-18H2,1-3H3,(H,39,40);1H. The molecule has 13 nitrogen and oxygen atoms in total. The van der Waals surface area contributed by atoms with Gasteiger partial charge in [-0.3, -0.25) is 14.9 Å². The summed E-state index contributed by atoms with van der Waals surface area (Å²) >= 11 is 0. The maximum atomic E-state index is 13.2. The number of nitro benzene ring substituents is 1. The number of allylic oxidation sites excluding steroid dienone is 1. The zero-order valence-corrected chi connectivity index (χ0v) is 26.5. The van der Waals surface area contributed by atoms with Crippen molar-refractivity contribution in [2.24, 2.45) is 5.41 Å². The molecule has 2 N–H and O–H groups in total. The van der Waals surface area contributed by atoms with E-state index in [1.54, 1.807) is 63.6 Å². The van der Waals surface area contributed by atoms with Gasteiger partial charge in [0.25, 0.3) is 5.69 Å². The van der Waals surface area contributed by atoms with Crippen molar-refractivity contribution in [3.05, 3.63) is 99.8 Å². The number of nitrogens with one attached hydrogen (secondary N) is 1. The number of hydrogen-bond acceptors (Lipinski definition) is 10. The van der Waals surface area contributed by atoms with Gasteiger partial charge in [0.1, 0.15) is 12.4 Å². The maximum absolute atomic E-state index is 13.2. The molecular weight excluding hydrogens is 620 g/mol. The molecule has 0 fully saturated rings. The molecule has 0 spiro atoms. The summed E-state index contributed by atoms with van der Waals surface area (Å²) in [5.41, 5.74) is -0.764. The minimum atomic E-state index is -1.64. The van der Waals surface area contributed by atoms with Gasteiger partial charge in [-0.05, 0) is 63.4 Å². The number of non-ortho nitro benzene ring substituents is 1. The van der Waals surface area contributed by atoms with Crippen molar-refractivity contribution in [2.75, 3.05) is 19.8 Å². The van der Waals surface area contributed by atoms with E-state index in [-0.39, 0.29) is 49.7 Å². The van der Waals surface area contributed by atoms with Crippen LogP contribution < -0.4 is 10.1 Å². The predicted octanol–water partition coefficient (Wildman–Crippen LogP) is 4.91. The molecule has 46 heavy (non-hydrogen) atoms. The number of carbonyl (C=O) groups is 3. The first kappa shape index (κ1) is 35.6. The molecule has 246 valence electrons. The lowest BCUT2D eigenvalue weighted by Crippen LogP contribution is -2.56. The van der Waals surface area contributed by atoms with Gasteiger partial charge in [0.05, 0.1) is 47.6 Å². The van der Waals surface area contributed by atoms with Crippen molar-refractivity contribution in [2.45, 2.75) is 52.1 Å². The average molecular weight is 657 g/mol. The summed E-state index contributed by atoms with van der Waals surface area (Å²) in [6, 6.07) is 11.4. The van der Waals surface area contributed by atoms with E-state index in [9.17, 15) is 29.6 Å². The van der Waals surface area contributed by atoms with Gasteiger partial charge in [0.2, 0.25) is 0 Å². The monoisotopic (exact) mass is 656 g/mol. The van der Waals surface area contributed by atoms with Crippen molar-refractivity contribution in [1.29, 1.82) is 0 Å². The topological polar surface area (TPSA) is 172 Å². The summed E-state index contributed by atoms with van der Waals surface area (Å²) in [6.07, 6.45) is 5.33. The van der Waals surface area contributed by atoms with Crippen LogP contribution in [0.2, 0.25) is 0 Å². The Morgan fingerprint density at radius 1 is 1.11 bits per heavy atom. The first-order valence-electron chi connectivity index (χ1n) is 14.6. The number of carboxylic acids is 1. The molecule has 3 atom stereocenters. The first-order chi connectivity index (χ1) is 21.6. The van der Waals surface area contributed by atoms with Gasteiger partial charge in [-0.2, -0.15) is 0 Å². The fourth-order valence-corrected chi connectivity index (χ4v) is 5.78. The highest BCUT2D eigenvalue weighted by Gasteiger charge is 2.56. The Balaban J connectivity index is 0.00000576. The average Bonchev–Trinajstić information content (AvgIpc) is 3.53. The van der Waals surface area contributed by atoms with Crippen LogP contribution in [-0.2, 0) is 25.6 Å². The number of hydrogen-bond donors (Lipinski definition) is 2. The smallest absolute Gasteiger partial charge is 0.338 e. The van der Waals surface area contributed by atoms with Crippen LogP contribution in [0, 0.1) is 15.5 Å². The van der Waals surface area contributed by atoms with Gasteiger partial charge in [-0.25, -0.2) is 14.6 Å². The van der Waals surface area contributed by atoms with Crippen LogP contribution in [0.3, 0.4) is 0 Å². The van der Waals surface area contributed by atoms with Gasteiger partial charge >= 0.3 is 17.9 Å². The number of imidazole rings is 1. The Morgan fingerprint density at radius 3 is 2.48 bits per heavy atom. The molecule has 4 rings (SSSR count). The van der Waals surface area contributed by atoms with Crippen LogP contribution in [0.25, 0.3) is 0 Å². The second-order valence-electron chi connectivity index (χ2n) is 10.7. The molecule has 3 aromatic rings. The highest BCUT2D eigenvalue weighted by Crippen LogP contribution is 2.51. The van der Waals surface area contributed by atoms with Gasteiger partial charge in [0, 0.05) is 42.2 Å². The Kier molecular flexibility index (Phi) is 12.3. The minimum Gasteiger partial charge on any atom is -0.492 e. The van der Waals surface area contributed by atoms with E-state index in [4.69, 9.17) is 14.2 Å². The molecule has 2 heterocycles. The van der Waals surface area contributed by atoms with E-state index in [1.807, 2.05) is 10.8 Å². The molecule has 3 unspecified atom stereocenters. The zero-order chi connectivity index (χ0) is 32.6. The molecule has 0 saturated heterocycles. The molecule has 14 heteroatoms. The fourth-order valence-electron chi connectivity index (χ4n) is 5.78. The number of nitro groups is 1. The number of carboxylic acid groups (broad SMARTS) is 1. The summed E-state index contributed by atoms with van der Waals surface area (Å²) in [6.45, 7) is 5.98. The summed E-state index contributed by atoms with van der Waals surface area (Å²) in [7, 11) is 0. The molecular formula is C32H37ClN4O9. The Hall–Kier alpha value is -4.91. The molecule has 0 aliphatic carbocycles. The van der Waals surface area contributed by atoms with Crippen LogP contribution >= 0.6 is 12.4 Å². The number of benzene rings is 2. The summed E-state index contributed by atoms with van der Waals surface area (Å²) < 4.78 is 18.4. The van der Waals surface area contributed by atoms with Crippen molar-refractivity contribution in [1.82, 2.24) is 14.9 Å². The number of carbonyl (C=O) groups excluding carboxylic acids is 2. The lowest BCUT2D eigenvalue weighted by Gasteiger charge is -2.47. The zero-order valence-electron chi connectivity index (χ0n) is 25.7. The normalized spacial score (nSPS) is 18.9. The third-order valence-electron chi connectivity index (χ3n) is 7.96. The SMILES string of the molecule is CCOC(=O)C1=C(C)NC(C)C(CCCOC(=O)c2ccc(OCCn3ccnc3)cc2)(C(=O)O)C1c1cccc([N+](=O)[O-])c1.Cl. The van der Waals surface area contributed by atoms with Crippen LogP contribution in [-0.4, -0.2) is 63.4 Å². The molecule has 1 aliphatic heterocycles. The largest absolute Gasteiger partial charge is 0.492 e. The van der Waals surface area contributed by atoms with Gasteiger partial charge in [-0.1, -0.05) is 12.1 Å². The number of ether oxygens (including phenoxy) is 3. The molecule has 1 aromatic heterocycles. The number of esters is 2. The van der Waals surface area contributed by atoms with E-state index < -0.39 is 40.2 Å². The Morgan fingerprint density at radius 2 is 1.85 bits per heavy atom. The predicted molar refractivity (Wildman–Crippen MR) is 169 cm³/mol. The van der Waals surface area contributed by atoms with Crippen molar-refractivity contribution in [3.8, 4) is 5.75 Å². The Bertz CT molecular complexity index is 1560. The van der Waals surface area contributed by atoms with Gasteiger partial charge in [0.15, 0.2) is 0 Å². The summed E-state index contributed by atoms with van der Waals surface area (Å²) in [4.78, 5) is 54.1. The first-order valence-corrected chi connectivity index (χ1v) is 14.6. The summed E-state index contributed by atoms with van der Waals surface area (Å²) in [5, 5.41) is 25.5. The van der Waals surface area contributed by atoms with Crippen molar-refractivity contribution in [3.63, 3.8) is 0 Å².